The lowest BCUT2D eigenvalue weighted by molar-refractivity contribution is -0.119. The molecule has 6 nitrogen and oxygen atoms in total. The van der Waals surface area contributed by atoms with Crippen molar-refractivity contribution in [2.24, 2.45) is 0 Å². The number of imidazole rings is 1. The molecule has 0 unspecified atom stereocenters. The van der Waals surface area contributed by atoms with E-state index in [2.05, 4.69) is 10.3 Å². The van der Waals surface area contributed by atoms with Crippen LogP contribution in [0.15, 0.2) is 11.6 Å². The van der Waals surface area contributed by atoms with E-state index in [9.17, 15) is 9.59 Å². The number of hydrogen-bond acceptors (Lipinski definition) is 5. The summed E-state index contributed by atoms with van der Waals surface area (Å²) >= 11 is 1.47. The molecule has 94 valence electrons. The second-order valence-corrected chi connectivity index (χ2v) is 4.99. The minimum Gasteiger partial charge on any atom is -0.354 e. The predicted molar refractivity (Wildman–Crippen MR) is 68.3 cm³/mol. The van der Waals surface area contributed by atoms with Crippen LogP contribution < -0.4 is 10.2 Å². The normalized spacial score (nSPS) is 16.7. The van der Waals surface area contributed by atoms with E-state index < -0.39 is 0 Å². The van der Waals surface area contributed by atoms with Crippen LogP contribution in [0.3, 0.4) is 0 Å². The Morgan fingerprint density at radius 3 is 3.22 bits per heavy atom. The van der Waals surface area contributed by atoms with Gasteiger partial charge in [-0.15, -0.1) is 11.3 Å². The molecule has 3 heterocycles. The number of amides is 1. The van der Waals surface area contributed by atoms with Crippen molar-refractivity contribution in [3.8, 4) is 0 Å². The van der Waals surface area contributed by atoms with E-state index >= 15 is 0 Å². The van der Waals surface area contributed by atoms with Gasteiger partial charge in [-0.05, 0) is 6.42 Å². The van der Waals surface area contributed by atoms with Crippen molar-refractivity contribution in [2.45, 2.75) is 6.42 Å². The van der Waals surface area contributed by atoms with E-state index in [-0.39, 0.29) is 12.5 Å². The van der Waals surface area contributed by atoms with E-state index in [0.29, 0.717) is 18.1 Å². The Morgan fingerprint density at radius 2 is 2.39 bits per heavy atom. The van der Waals surface area contributed by atoms with Gasteiger partial charge in [-0.3, -0.25) is 14.0 Å². The first-order valence-electron chi connectivity index (χ1n) is 5.72. The highest BCUT2D eigenvalue weighted by Gasteiger charge is 2.22. The molecule has 1 amide bonds. The molecule has 18 heavy (non-hydrogen) atoms. The van der Waals surface area contributed by atoms with Crippen LogP contribution in [-0.4, -0.2) is 41.2 Å². The molecule has 0 aromatic carbocycles. The first-order chi connectivity index (χ1) is 8.79. The fraction of sp³-hybridized carbons (Fsp3) is 0.364. The summed E-state index contributed by atoms with van der Waals surface area (Å²) in [4.78, 5) is 29.9. The molecule has 0 saturated carbocycles. The fourth-order valence-corrected chi connectivity index (χ4v) is 2.84. The highest BCUT2D eigenvalue weighted by Crippen LogP contribution is 2.23. The first kappa shape index (κ1) is 11.2. The molecule has 7 heteroatoms. The third-order valence-corrected chi connectivity index (χ3v) is 3.71. The second-order valence-electron chi connectivity index (χ2n) is 4.12. The highest BCUT2D eigenvalue weighted by atomic mass is 32.1. The Balaban J connectivity index is 2.03. The van der Waals surface area contributed by atoms with Gasteiger partial charge in [0.15, 0.2) is 17.1 Å². The average Bonchev–Trinajstić information content (AvgIpc) is 2.86. The van der Waals surface area contributed by atoms with Crippen molar-refractivity contribution in [1.82, 2.24) is 14.7 Å². The molecule has 0 bridgehead atoms. The average molecular weight is 264 g/mol. The lowest BCUT2D eigenvalue weighted by Gasteiger charge is -2.18. The number of fused-ring (bicyclic) bond motifs is 1. The molecule has 0 aliphatic carbocycles. The van der Waals surface area contributed by atoms with Crippen LogP contribution in [0.5, 0.6) is 0 Å². The number of aromatic nitrogens is 2. The number of thiazole rings is 1. The summed E-state index contributed by atoms with van der Waals surface area (Å²) in [5.41, 5.74) is 0.515. The molecule has 1 aliphatic heterocycles. The molecular formula is C11H12N4O2S. The first-order valence-corrected chi connectivity index (χ1v) is 6.60. The zero-order valence-corrected chi connectivity index (χ0v) is 10.4. The Hall–Kier alpha value is -1.89. The molecule has 2 aromatic rings. The van der Waals surface area contributed by atoms with Gasteiger partial charge in [0.1, 0.15) is 5.69 Å². The van der Waals surface area contributed by atoms with Gasteiger partial charge in [0, 0.05) is 24.7 Å². The molecule has 3 rings (SSSR count). The van der Waals surface area contributed by atoms with Gasteiger partial charge in [0.2, 0.25) is 5.91 Å². The van der Waals surface area contributed by atoms with E-state index in [1.54, 1.807) is 4.40 Å². The van der Waals surface area contributed by atoms with Gasteiger partial charge in [-0.2, -0.15) is 0 Å². The minimum absolute atomic E-state index is 0.0271. The number of aldehydes is 1. The quantitative estimate of drug-likeness (QED) is 0.804. The summed E-state index contributed by atoms with van der Waals surface area (Å²) in [5.74, 6) is 0.578. The number of nitrogens with one attached hydrogen (secondary N) is 1. The zero-order valence-electron chi connectivity index (χ0n) is 9.63. The third kappa shape index (κ3) is 1.76. The van der Waals surface area contributed by atoms with E-state index in [1.165, 1.54) is 11.3 Å². The number of carbonyl (C=O) groups excluding carboxylic acids is 2. The summed E-state index contributed by atoms with van der Waals surface area (Å²) < 4.78 is 1.76. The van der Waals surface area contributed by atoms with Gasteiger partial charge in [-0.25, -0.2) is 4.98 Å². The summed E-state index contributed by atoms with van der Waals surface area (Å²) in [7, 11) is 0. The van der Waals surface area contributed by atoms with Crippen molar-refractivity contribution in [3.05, 3.63) is 17.3 Å². The van der Waals surface area contributed by atoms with E-state index in [4.69, 9.17) is 0 Å². The summed E-state index contributed by atoms with van der Waals surface area (Å²) in [6, 6.07) is 0. The fourth-order valence-electron chi connectivity index (χ4n) is 2.12. The summed E-state index contributed by atoms with van der Waals surface area (Å²) in [6.45, 7) is 1.66. The van der Waals surface area contributed by atoms with Gasteiger partial charge in [0.25, 0.3) is 0 Å². The third-order valence-electron chi connectivity index (χ3n) is 2.95. The van der Waals surface area contributed by atoms with Crippen LogP contribution in [0.4, 0.5) is 5.82 Å². The van der Waals surface area contributed by atoms with Crippen molar-refractivity contribution in [1.29, 1.82) is 0 Å². The van der Waals surface area contributed by atoms with Gasteiger partial charge < -0.3 is 10.2 Å². The Labute approximate surface area is 107 Å². The molecule has 1 fully saturated rings. The number of hydrogen-bond donors (Lipinski definition) is 1. The van der Waals surface area contributed by atoms with Crippen LogP contribution in [0.25, 0.3) is 4.96 Å². The Morgan fingerprint density at radius 1 is 1.50 bits per heavy atom. The van der Waals surface area contributed by atoms with Crippen LogP contribution in [0, 0.1) is 0 Å². The minimum atomic E-state index is -0.0271. The molecule has 0 radical (unpaired) electrons. The van der Waals surface area contributed by atoms with E-state index in [0.717, 1.165) is 24.2 Å². The van der Waals surface area contributed by atoms with Gasteiger partial charge in [0.05, 0.1) is 6.54 Å². The predicted octanol–water partition coefficient (Wildman–Crippen LogP) is 0.535. The van der Waals surface area contributed by atoms with Crippen LogP contribution >= 0.6 is 11.3 Å². The van der Waals surface area contributed by atoms with Crippen molar-refractivity contribution in [3.63, 3.8) is 0 Å². The van der Waals surface area contributed by atoms with Crippen molar-refractivity contribution < 1.29 is 9.59 Å². The Kier molecular flexibility index (Phi) is 2.75. The molecule has 1 N–H and O–H groups in total. The number of nitrogens with zero attached hydrogens (tertiary/aromatic N) is 3. The monoisotopic (exact) mass is 264 g/mol. The molecular weight excluding hydrogens is 252 g/mol. The molecule has 1 saturated heterocycles. The van der Waals surface area contributed by atoms with Crippen molar-refractivity contribution >= 4 is 34.3 Å². The number of anilines is 1. The standard InChI is InChI=1S/C11H12N4O2S/c16-7-8-10(13-11-15(8)4-5-18-11)14-3-1-2-12-9(17)6-14/h4-5,7H,1-3,6H2,(H,12,17). The number of rotatable bonds is 2. The van der Waals surface area contributed by atoms with Crippen LogP contribution in [0.1, 0.15) is 16.9 Å². The Bertz CT molecular complexity index is 603. The summed E-state index contributed by atoms with van der Waals surface area (Å²) in [6.07, 6.45) is 3.47. The van der Waals surface area contributed by atoms with Crippen LogP contribution in [0.2, 0.25) is 0 Å². The molecule has 1 aliphatic rings. The maximum Gasteiger partial charge on any atom is 0.239 e. The van der Waals surface area contributed by atoms with Gasteiger partial charge in [-0.1, -0.05) is 0 Å². The number of carbonyl (C=O) groups is 2. The smallest absolute Gasteiger partial charge is 0.239 e. The lowest BCUT2D eigenvalue weighted by Crippen LogP contribution is -2.33. The highest BCUT2D eigenvalue weighted by molar-refractivity contribution is 7.15. The van der Waals surface area contributed by atoms with Crippen LogP contribution in [-0.2, 0) is 4.79 Å². The largest absolute Gasteiger partial charge is 0.354 e. The lowest BCUT2D eigenvalue weighted by atomic mass is 10.3. The maximum absolute atomic E-state index is 11.5. The van der Waals surface area contributed by atoms with Crippen molar-refractivity contribution in [2.75, 3.05) is 24.5 Å². The summed E-state index contributed by atoms with van der Waals surface area (Å²) in [5, 5.41) is 4.69. The maximum atomic E-state index is 11.5. The topological polar surface area (TPSA) is 66.7 Å². The van der Waals surface area contributed by atoms with E-state index in [1.807, 2.05) is 16.5 Å². The second kappa shape index (κ2) is 4.41. The molecule has 0 spiro atoms. The van der Waals surface area contributed by atoms with Gasteiger partial charge >= 0.3 is 0 Å². The molecule has 2 aromatic heterocycles. The zero-order chi connectivity index (χ0) is 12.5. The molecule has 0 atom stereocenters. The SMILES string of the molecule is O=Cc1c(N2CCCNC(=O)C2)nc2sccn12.